The Morgan fingerprint density at radius 3 is 2.46 bits per heavy atom. The van der Waals surface area contributed by atoms with Gasteiger partial charge in [0.25, 0.3) is 0 Å². The van der Waals surface area contributed by atoms with E-state index in [1.165, 1.54) is 12.1 Å². The quantitative estimate of drug-likeness (QED) is 0.836. The molecule has 3 nitrogen and oxygen atoms in total. The van der Waals surface area contributed by atoms with E-state index in [-0.39, 0.29) is 30.0 Å². The molecule has 6 heteroatoms. The Hall–Kier alpha value is -1.62. The second kappa shape index (κ2) is 8.47. The monoisotopic (exact) mass is 368 g/mol. The molecule has 0 saturated carbocycles. The van der Waals surface area contributed by atoms with Crippen LogP contribution in [-0.4, -0.2) is 19.0 Å². The van der Waals surface area contributed by atoms with Gasteiger partial charge in [0.05, 0.1) is 0 Å². The summed E-state index contributed by atoms with van der Waals surface area (Å²) >= 11 is 5.91. The molecule has 0 unspecified atom stereocenters. The molecule has 2 N–H and O–H groups in total. The van der Waals surface area contributed by atoms with Crippen LogP contribution in [0.3, 0.4) is 0 Å². The van der Waals surface area contributed by atoms with Crippen LogP contribution >= 0.6 is 24.0 Å². The first-order valence-corrected chi connectivity index (χ1v) is 8.08. The van der Waals surface area contributed by atoms with Crippen LogP contribution < -0.4 is 10.6 Å². The molecule has 1 aliphatic heterocycles. The van der Waals surface area contributed by atoms with E-state index in [9.17, 15) is 9.18 Å². The van der Waals surface area contributed by atoms with E-state index < -0.39 is 0 Å². The summed E-state index contributed by atoms with van der Waals surface area (Å²) in [5.74, 6) is -0.345. The Morgan fingerprint density at radius 2 is 1.79 bits per heavy atom. The van der Waals surface area contributed by atoms with Crippen LogP contribution in [0.1, 0.15) is 12.8 Å². The molecule has 128 valence electrons. The predicted octanol–water partition coefficient (Wildman–Crippen LogP) is 4.51. The van der Waals surface area contributed by atoms with Gasteiger partial charge in [-0.15, -0.1) is 12.4 Å². The third-order valence-corrected chi connectivity index (χ3v) is 4.36. The van der Waals surface area contributed by atoms with E-state index >= 15 is 0 Å². The summed E-state index contributed by atoms with van der Waals surface area (Å²) in [6.07, 6.45) is 1.65. The number of carbonyl (C=O) groups is 1. The first-order chi connectivity index (χ1) is 11.1. The topological polar surface area (TPSA) is 41.1 Å². The number of piperidine rings is 1. The summed E-state index contributed by atoms with van der Waals surface area (Å²) in [7, 11) is 0. The molecule has 0 aromatic heterocycles. The van der Waals surface area contributed by atoms with Crippen molar-refractivity contribution in [1.29, 1.82) is 0 Å². The summed E-state index contributed by atoms with van der Waals surface area (Å²) in [6, 6.07) is 11.5. The molecule has 1 amide bonds. The van der Waals surface area contributed by atoms with Gasteiger partial charge >= 0.3 is 0 Å². The van der Waals surface area contributed by atoms with Gasteiger partial charge < -0.3 is 10.6 Å². The third-order valence-electron chi connectivity index (χ3n) is 4.10. The van der Waals surface area contributed by atoms with Gasteiger partial charge in [0, 0.05) is 22.2 Å². The minimum Gasteiger partial charge on any atom is -0.325 e. The molecule has 0 atom stereocenters. The number of hydrogen-bond donors (Lipinski definition) is 2. The Morgan fingerprint density at radius 1 is 1.12 bits per heavy atom. The van der Waals surface area contributed by atoms with Crippen molar-refractivity contribution in [2.45, 2.75) is 12.8 Å². The van der Waals surface area contributed by atoms with Crippen LogP contribution in [0.15, 0.2) is 42.5 Å². The molecule has 1 fully saturated rings. The Balaban J connectivity index is 0.00000208. The average Bonchev–Trinajstić information content (AvgIpc) is 2.58. The van der Waals surface area contributed by atoms with Gasteiger partial charge in [-0.1, -0.05) is 23.7 Å². The predicted molar refractivity (Wildman–Crippen MR) is 98.3 cm³/mol. The van der Waals surface area contributed by atoms with Crippen molar-refractivity contribution in [3.05, 3.63) is 53.3 Å². The van der Waals surface area contributed by atoms with Crippen molar-refractivity contribution in [3.63, 3.8) is 0 Å². The van der Waals surface area contributed by atoms with Crippen molar-refractivity contribution < 1.29 is 9.18 Å². The highest BCUT2D eigenvalue weighted by atomic mass is 35.5. The molecule has 0 bridgehead atoms. The molecule has 2 aromatic carbocycles. The number of hydrogen-bond acceptors (Lipinski definition) is 2. The van der Waals surface area contributed by atoms with Gasteiger partial charge in [0.1, 0.15) is 5.82 Å². The van der Waals surface area contributed by atoms with Crippen LogP contribution in [-0.2, 0) is 4.79 Å². The lowest BCUT2D eigenvalue weighted by Crippen LogP contribution is -2.34. The first kappa shape index (κ1) is 18.7. The SMILES string of the molecule is Cl.O=C(Nc1ccc(F)cc1-c1ccc(Cl)cc1)C1CCNCC1. The van der Waals surface area contributed by atoms with E-state index in [1.54, 1.807) is 18.2 Å². The minimum atomic E-state index is -0.338. The maximum absolute atomic E-state index is 13.7. The van der Waals surface area contributed by atoms with Crippen molar-refractivity contribution in [1.82, 2.24) is 5.32 Å². The van der Waals surface area contributed by atoms with Crippen LogP contribution in [0.4, 0.5) is 10.1 Å². The first-order valence-electron chi connectivity index (χ1n) is 7.70. The standard InChI is InChI=1S/C18H18ClFN2O.ClH/c19-14-3-1-12(2-4-14)16-11-15(20)5-6-17(16)22-18(23)13-7-9-21-10-8-13;/h1-6,11,13,21H,7-10H2,(H,22,23);1H. The normalized spacial score (nSPS) is 14.8. The van der Waals surface area contributed by atoms with Gasteiger partial charge in [-0.05, 0) is 61.8 Å². The number of halogens is 3. The maximum atomic E-state index is 13.7. The molecule has 1 heterocycles. The largest absolute Gasteiger partial charge is 0.325 e. The van der Waals surface area contributed by atoms with E-state index in [0.29, 0.717) is 16.3 Å². The van der Waals surface area contributed by atoms with Crippen molar-refractivity contribution in [2.75, 3.05) is 18.4 Å². The van der Waals surface area contributed by atoms with Gasteiger partial charge in [-0.2, -0.15) is 0 Å². The molecular weight excluding hydrogens is 350 g/mol. The summed E-state index contributed by atoms with van der Waals surface area (Å²) in [4.78, 5) is 12.4. The highest BCUT2D eigenvalue weighted by Gasteiger charge is 2.21. The molecule has 0 spiro atoms. The van der Waals surface area contributed by atoms with Crippen molar-refractivity contribution >= 4 is 35.6 Å². The summed E-state index contributed by atoms with van der Waals surface area (Å²) in [6.45, 7) is 1.71. The highest BCUT2D eigenvalue weighted by Crippen LogP contribution is 2.30. The molecule has 1 aliphatic rings. The molecule has 1 saturated heterocycles. The summed E-state index contributed by atoms with van der Waals surface area (Å²) in [5, 5.41) is 6.81. The van der Waals surface area contributed by atoms with Crippen LogP contribution in [0.25, 0.3) is 11.1 Å². The number of nitrogens with one attached hydrogen (secondary N) is 2. The Bertz CT molecular complexity index is 701. The zero-order valence-electron chi connectivity index (χ0n) is 13.0. The Labute approximate surface area is 152 Å². The van der Waals surface area contributed by atoms with Gasteiger partial charge in [0.2, 0.25) is 5.91 Å². The van der Waals surface area contributed by atoms with E-state index in [4.69, 9.17) is 11.6 Å². The van der Waals surface area contributed by atoms with Crippen LogP contribution in [0, 0.1) is 11.7 Å². The summed E-state index contributed by atoms with van der Waals surface area (Å²) < 4.78 is 13.7. The number of anilines is 1. The average molecular weight is 369 g/mol. The molecular formula is C18H19Cl2FN2O. The van der Waals surface area contributed by atoms with E-state index in [2.05, 4.69) is 10.6 Å². The van der Waals surface area contributed by atoms with E-state index in [1.807, 2.05) is 12.1 Å². The van der Waals surface area contributed by atoms with Gasteiger partial charge in [-0.3, -0.25) is 4.79 Å². The van der Waals surface area contributed by atoms with Gasteiger partial charge in [0.15, 0.2) is 0 Å². The smallest absolute Gasteiger partial charge is 0.227 e. The fourth-order valence-corrected chi connectivity index (χ4v) is 2.94. The zero-order valence-corrected chi connectivity index (χ0v) is 14.6. The summed E-state index contributed by atoms with van der Waals surface area (Å²) in [5.41, 5.74) is 2.09. The fraction of sp³-hybridized carbons (Fsp3) is 0.278. The second-order valence-electron chi connectivity index (χ2n) is 5.71. The minimum absolute atomic E-state index is 0. The Kier molecular flexibility index (Phi) is 6.60. The molecule has 0 aliphatic carbocycles. The third kappa shape index (κ3) is 4.47. The van der Waals surface area contributed by atoms with E-state index in [0.717, 1.165) is 31.5 Å². The van der Waals surface area contributed by atoms with Crippen LogP contribution in [0.5, 0.6) is 0 Å². The van der Waals surface area contributed by atoms with Crippen molar-refractivity contribution in [3.8, 4) is 11.1 Å². The second-order valence-corrected chi connectivity index (χ2v) is 6.15. The lowest BCUT2D eigenvalue weighted by Gasteiger charge is -2.22. The van der Waals surface area contributed by atoms with Gasteiger partial charge in [-0.25, -0.2) is 4.39 Å². The molecule has 3 rings (SSSR count). The number of rotatable bonds is 3. The van der Waals surface area contributed by atoms with Crippen molar-refractivity contribution in [2.24, 2.45) is 5.92 Å². The van der Waals surface area contributed by atoms with Crippen LogP contribution in [0.2, 0.25) is 5.02 Å². The lowest BCUT2D eigenvalue weighted by molar-refractivity contribution is -0.120. The zero-order chi connectivity index (χ0) is 16.2. The molecule has 2 aromatic rings. The fourth-order valence-electron chi connectivity index (χ4n) is 2.81. The number of carbonyl (C=O) groups excluding carboxylic acids is 1. The highest BCUT2D eigenvalue weighted by molar-refractivity contribution is 6.30. The number of amides is 1. The molecule has 0 radical (unpaired) electrons. The lowest BCUT2D eigenvalue weighted by atomic mass is 9.96. The molecule has 24 heavy (non-hydrogen) atoms. The number of benzene rings is 2. The maximum Gasteiger partial charge on any atom is 0.227 e.